The predicted molar refractivity (Wildman–Crippen MR) is 119 cm³/mol. The number of amides is 1. The molecule has 6 nitrogen and oxygen atoms in total. The van der Waals surface area contributed by atoms with Gasteiger partial charge >= 0.3 is 0 Å². The highest BCUT2D eigenvalue weighted by Gasteiger charge is 2.59. The van der Waals surface area contributed by atoms with Gasteiger partial charge in [0, 0.05) is 29.8 Å². The van der Waals surface area contributed by atoms with E-state index in [9.17, 15) is 4.79 Å². The number of ether oxygens (including phenoxy) is 2. The van der Waals surface area contributed by atoms with Gasteiger partial charge in [0.2, 0.25) is 5.91 Å². The van der Waals surface area contributed by atoms with E-state index in [0.717, 1.165) is 15.7 Å². The molecule has 1 N–H and O–H groups in total. The molecular weight excluding hydrogens is 454 g/mol. The summed E-state index contributed by atoms with van der Waals surface area (Å²) in [5.74, 6) is 0.692. The first-order chi connectivity index (χ1) is 13.8. The predicted octanol–water partition coefficient (Wildman–Crippen LogP) is 3.71. The van der Waals surface area contributed by atoms with E-state index in [1.54, 1.807) is 26.1 Å². The average Bonchev–Trinajstić information content (AvgIpc) is 2.68. The number of hydrogen-bond donors (Lipinski definition) is 1. The van der Waals surface area contributed by atoms with Crippen LogP contribution in [0.1, 0.15) is 18.5 Å². The molecule has 2 aromatic rings. The molecule has 2 bridgehead atoms. The zero-order valence-corrected chi connectivity index (χ0v) is 19.0. The molecular formula is C21H22BrN3O3S. The van der Waals surface area contributed by atoms with E-state index < -0.39 is 11.6 Å². The molecule has 2 aromatic carbocycles. The molecule has 1 fully saturated rings. The third-order valence-electron chi connectivity index (χ3n) is 5.50. The first-order valence-electron chi connectivity index (χ1n) is 9.21. The lowest BCUT2D eigenvalue weighted by Gasteiger charge is -2.56. The van der Waals surface area contributed by atoms with Gasteiger partial charge < -0.3 is 19.7 Å². The molecule has 152 valence electrons. The molecule has 0 aromatic heterocycles. The Morgan fingerprint density at radius 2 is 1.97 bits per heavy atom. The molecule has 0 radical (unpaired) electrons. The van der Waals surface area contributed by atoms with Crippen LogP contribution < -0.4 is 19.7 Å². The van der Waals surface area contributed by atoms with Crippen molar-refractivity contribution in [1.82, 2.24) is 10.2 Å². The second kappa shape index (κ2) is 7.18. The SMILES string of the molecule is COc1cccc2c1O[C@@]1(C)[C@H](C(=O)N(C)C)[C@H]2NC(=S)N1c1ccc(Br)cc1. The molecule has 1 amide bonds. The molecule has 29 heavy (non-hydrogen) atoms. The Morgan fingerprint density at radius 3 is 2.59 bits per heavy atom. The lowest BCUT2D eigenvalue weighted by atomic mass is 9.78. The Morgan fingerprint density at radius 1 is 1.28 bits per heavy atom. The number of halogens is 1. The normalized spacial score (nSPS) is 24.9. The maximum absolute atomic E-state index is 13.3. The number of methoxy groups -OCH3 is 1. The summed E-state index contributed by atoms with van der Waals surface area (Å²) in [5, 5.41) is 3.90. The maximum Gasteiger partial charge on any atom is 0.233 e. The minimum absolute atomic E-state index is 0.0388. The quantitative estimate of drug-likeness (QED) is 0.682. The van der Waals surface area contributed by atoms with Crippen LogP contribution >= 0.6 is 28.1 Å². The first-order valence-corrected chi connectivity index (χ1v) is 10.4. The molecule has 2 aliphatic rings. The molecule has 2 heterocycles. The lowest BCUT2D eigenvalue weighted by molar-refractivity contribution is -0.144. The van der Waals surface area contributed by atoms with E-state index in [-0.39, 0.29) is 11.9 Å². The highest BCUT2D eigenvalue weighted by atomic mass is 79.9. The number of nitrogens with zero attached hydrogens (tertiary/aromatic N) is 2. The summed E-state index contributed by atoms with van der Waals surface area (Å²) in [5.41, 5.74) is 0.658. The largest absolute Gasteiger partial charge is 0.493 e. The van der Waals surface area contributed by atoms with Crippen molar-refractivity contribution in [1.29, 1.82) is 0 Å². The van der Waals surface area contributed by atoms with Crippen LogP contribution in [-0.2, 0) is 4.79 Å². The van der Waals surface area contributed by atoms with Crippen LogP contribution in [0.15, 0.2) is 46.9 Å². The van der Waals surface area contributed by atoms with Crippen molar-refractivity contribution in [2.75, 3.05) is 26.1 Å². The maximum atomic E-state index is 13.3. The molecule has 1 saturated heterocycles. The van der Waals surface area contributed by atoms with Crippen LogP contribution in [0.25, 0.3) is 0 Å². The molecule has 0 aliphatic carbocycles. The van der Waals surface area contributed by atoms with Crippen molar-refractivity contribution in [3.63, 3.8) is 0 Å². The van der Waals surface area contributed by atoms with Gasteiger partial charge in [0.25, 0.3) is 0 Å². The zero-order valence-electron chi connectivity index (χ0n) is 16.6. The zero-order chi connectivity index (χ0) is 20.9. The van der Waals surface area contributed by atoms with Crippen LogP contribution in [-0.4, -0.2) is 42.8 Å². The number of carbonyl (C=O) groups excluding carboxylic acids is 1. The van der Waals surface area contributed by atoms with Gasteiger partial charge in [0.1, 0.15) is 5.92 Å². The summed E-state index contributed by atoms with van der Waals surface area (Å²) in [6, 6.07) is 13.1. The number of thiocarbonyl (C=S) groups is 1. The van der Waals surface area contributed by atoms with E-state index in [4.69, 9.17) is 21.7 Å². The average molecular weight is 476 g/mol. The number of carbonyl (C=O) groups is 1. The van der Waals surface area contributed by atoms with Gasteiger partial charge in [-0.2, -0.15) is 0 Å². The van der Waals surface area contributed by atoms with Crippen molar-refractivity contribution in [3.8, 4) is 11.5 Å². The van der Waals surface area contributed by atoms with Gasteiger partial charge in [-0.3, -0.25) is 9.69 Å². The molecule has 0 spiro atoms. The van der Waals surface area contributed by atoms with Crippen molar-refractivity contribution in [3.05, 3.63) is 52.5 Å². The smallest absolute Gasteiger partial charge is 0.233 e. The number of para-hydroxylation sites is 1. The summed E-state index contributed by atoms with van der Waals surface area (Å²) in [6.45, 7) is 1.91. The van der Waals surface area contributed by atoms with E-state index in [1.807, 2.05) is 54.3 Å². The number of fused-ring (bicyclic) bond motifs is 4. The van der Waals surface area contributed by atoms with Crippen LogP contribution in [0, 0.1) is 5.92 Å². The van der Waals surface area contributed by atoms with Crippen LogP contribution in [0.3, 0.4) is 0 Å². The lowest BCUT2D eigenvalue weighted by Crippen LogP contribution is -2.72. The van der Waals surface area contributed by atoms with Crippen LogP contribution in [0.5, 0.6) is 11.5 Å². The van der Waals surface area contributed by atoms with Gasteiger partial charge in [-0.25, -0.2) is 0 Å². The number of benzene rings is 2. The molecule has 8 heteroatoms. The Labute approximate surface area is 183 Å². The molecule has 3 atom stereocenters. The summed E-state index contributed by atoms with van der Waals surface area (Å²) in [6.07, 6.45) is 0. The monoisotopic (exact) mass is 475 g/mol. The van der Waals surface area contributed by atoms with E-state index >= 15 is 0 Å². The summed E-state index contributed by atoms with van der Waals surface area (Å²) < 4.78 is 13.1. The van der Waals surface area contributed by atoms with Crippen molar-refractivity contribution in [2.24, 2.45) is 5.92 Å². The van der Waals surface area contributed by atoms with E-state index in [2.05, 4.69) is 21.2 Å². The fourth-order valence-corrected chi connectivity index (χ4v) is 4.84. The Kier molecular flexibility index (Phi) is 4.94. The van der Waals surface area contributed by atoms with Crippen LogP contribution in [0.2, 0.25) is 0 Å². The number of nitrogens with one attached hydrogen (secondary N) is 1. The number of hydrogen-bond acceptors (Lipinski definition) is 4. The van der Waals surface area contributed by atoms with E-state index in [0.29, 0.717) is 16.6 Å². The standard InChI is InChI=1S/C21H22BrN3O3S/c1-21-16(19(26)24(2)3)17(14-6-5-7-15(27-4)18(14)28-21)23-20(29)25(21)13-10-8-12(22)9-11-13/h5-11,16-17H,1-4H3,(H,23,29)/t16-,17-,21-/m0/s1. The second-order valence-electron chi connectivity index (χ2n) is 7.48. The highest BCUT2D eigenvalue weighted by Crippen LogP contribution is 2.52. The van der Waals surface area contributed by atoms with Gasteiger partial charge in [0.15, 0.2) is 22.3 Å². The summed E-state index contributed by atoms with van der Waals surface area (Å²) in [7, 11) is 5.12. The summed E-state index contributed by atoms with van der Waals surface area (Å²) in [4.78, 5) is 16.8. The Hall–Kier alpha value is -2.32. The highest BCUT2D eigenvalue weighted by molar-refractivity contribution is 9.10. The van der Waals surface area contributed by atoms with E-state index in [1.165, 1.54) is 0 Å². The van der Waals surface area contributed by atoms with Crippen LogP contribution in [0.4, 0.5) is 5.69 Å². The van der Waals surface area contributed by atoms with Gasteiger partial charge in [-0.1, -0.05) is 28.1 Å². The number of rotatable bonds is 3. The fraction of sp³-hybridized carbons (Fsp3) is 0.333. The van der Waals surface area contributed by atoms with Gasteiger partial charge in [-0.05, 0) is 49.5 Å². The number of anilines is 1. The van der Waals surface area contributed by atoms with Gasteiger partial charge in [-0.15, -0.1) is 0 Å². The molecule has 2 aliphatic heterocycles. The van der Waals surface area contributed by atoms with Gasteiger partial charge in [0.05, 0.1) is 13.2 Å². The van der Waals surface area contributed by atoms with Crippen molar-refractivity contribution >= 4 is 44.9 Å². The minimum atomic E-state index is -1.04. The van der Waals surface area contributed by atoms with Crippen molar-refractivity contribution in [2.45, 2.75) is 18.7 Å². The molecule has 0 saturated carbocycles. The third-order valence-corrected chi connectivity index (χ3v) is 6.33. The topological polar surface area (TPSA) is 54.0 Å². The molecule has 4 rings (SSSR count). The summed E-state index contributed by atoms with van der Waals surface area (Å²) >= 11 is 9.20. The second-order valence-corrected chi connectivity index (χ2v) is 8.79. The van der Waals surface area contributed by atoms with Crippen molar-refractivity contribution < 1.29 is 14.3 Å². The first kappa shape index (κ1) is 20.0. The Bertz CT molecular complexity index is 982. The Balaban J connectivity index is 1.93. The molecule has 0 unspecified atom stereocenters. The minimum Gasteiger partial charge on any atom is -0.493 e. The third kappa shape index (κ3) is 3.05. The fourth-order valence-electron chi connectivity index (χ4n) is 4.17.